The Morgan fingerprint density at radius 3 is 2.38 bits per heavy atom. The van der Waals surface area contributed by atoms with Crippen molar-refractivity contribution < 1.29 is 28.2 Å². The maximum atomic E-state index is 12.2. The number of carbonyl (C=O) groups excluding carboxylic acids is 1. The Morgan fingerprint density at radius 2 is 1.72 bits per heavy atom. The summed E-state index contributed by atoms with van der Waals surface area (Å²) in [6.07, 6.45) is 0.551. The van der Waals surface area contributed by atoms with Gasteiger partial charge in [0.15, 0.2) is 17.1 Å². The van der Waals surface area contributed by atoms with Crippen LogP contribution in [0.5, 0.6) is 17.2 Å². The molecule has 3 aromatic rings. The third-order valence-corrected chi connectivity index (χ3v) is 4.44. The Labute approximate surface area is 167 Å². The highest BCUT2D eigenvalue weighted by Gasteiger charge is 2.15. The zero-order valence-electron chi connectivity index (χ0n) is 16.6. The highest BCUT2D eigenvalue weighted by Crippen LogP contribution is 2.38. The minimum Gasteiger partial charge on any atom is -0.493 e. The second kappa shape index (κ2) is 9.18. The molecule has 8 heteroatoms. The predicted octanol–water partition coefficient (Wildman–Crippen LogP) is 2.80. The summed E-state index contributed by atoms with van der Waals surface area (Å²) in [4.78, 5) is 24.1. The van der Waals surface area contributed by atoms with Gasteiger partial charge in [-0.1, -0.05) is 12.1 Å². The Hall–Kier alpha value is -3.42. The molecule has 0 aliphatic heterocycles. The Bertz CT molecular complexity index is 1030. The van der Waals surface area contributed by atoms with Gasteiger partial charge in [0.05, 0.1) is 39.9 Å². The fourth-order valence-electron chi connectivity index (χ4n) is 3.09. The van der Waals surface area contributed by atoms with Crippen LogP contribution in [-0.2, 0) is 22.5 Å². The number of para-hydroxylation sites is 2. The lowest BCUT2D eigenvalue weighted by Gasteiger charge is -2.14. The summed E-state index contributed by atoms with van der Waals surface area (Å²) in [5.41, 5.74) is 1.94. The van der Waals surface area contributed by atoms with E-state index in [0.29, 0.717) is 41.4 Å². The van der Waals surface area contributed by atoms with Crippen molar-refractivity contribution in [1.29, 1.82) is 0 Å². The average molecular weight is 401 g/mol. The molecule has 0 saturated heterocycles. The van der Waals surface area contributed by atoms with E-state index >= 15 is 0 Å². The molecule has 29 heavy (non-hydrogen) atoms. The number of benzene rings is 2. The SMILES string of the molecule is COc1cc(CC(=O)OCCCn2c(=O)oc3ccccc32)cc(OC)c1OC. The number of nitrogens with zero attached hydrogens (tertiary/aromatic N) is 1. The monoisotopic (exact) mass is 401 g/mol. The summed E-state index contributed by atoms with van der Waals surface area (Å²) in [7, 11) is 4.55. The highest BCUT2D eigenvalue weighted by atomic mass is 16.5. The molecule has 1 heterocycles. The molecule has 0 spiro atoms. The summed E-state index contributed by atoms with van der Waals surface area (Å²) in [6.45, 7) is 0.586. The first kappa shape index (κ1) is 20.3. The molecule has 154 valence electrons. The fourth-order valence-corrected chi connectivity index (χ4v) is 3.09. The molecule has 0 bridgehead atoms. The second-order valence-electron chi connectivity index (χ2n) is 6.27. The fraction of sp³-hybridized carbons (Fsp3) is 0.333. The summed E-state index contributed by atoms with van der Waals surface area (Å²) < 4.78 is 27.9. The maximum Gasteiger partial charge on any atom is 0.419 e. The lowest BCUT2D eigenvalue weighted by Crippen LogP contribution is -2.16. The molecule has 3 rings (SSSR count). The van der Waals surface area contributed by atoms with Crippen LogP contribution < -0.4 is 20.0 Å². The number of oxazole rings is 1. The number of fused-ring (bicyclic) bond motifs is 1. The molecule has 0 radical (unpaired) electrons. The lowest BCUT2D eigenvalue weighted by atomic mass is 10.1. The first-order valence-electron chi connectivity index (χ1n) is 9.10. The van der Waals surface area contributed by atoms with Gasteiger partial charge in [-0.25, -0.2) is 4.79 Å². The molecular weight excluding hydrogens is 378 g/mol. The van der Waals surface area contributed by atoms with Gasteiger partial charge in [0.1, 0.15) is 0 Å². The van der Waals surface area contributed by atoms with E-state index in [0.717, 1.165) is 5.52 Å². The largest absolute Gasteiger partial charge is 0.493 e. The topological polar surface area (TPSA) is 89.1 Å². The molecule has 0 fully saturated rings. The van der Waals surface area contributed by atoms with Crippen LogP contribution in [0.1, 0.15) is 12.0 Å². The van der Waals surface area contributed by atoms with Crippen molar-refractivity contribution in [2.24, 2.45) is 0 Å². The number of rotatable bonds is 9. The van der Waals surface area contributed by atoms with E-state index in [-0.39, 0.29) is 19.0 Å². The highest BCUT2D eigenvalue weighted by molar-refractivity contribution is 5.74. The number of methoxy groups -OCH3 is 3. The first-order valence-corrected chi connectivity index (χ1v) is 9.10. The van der Waals surface area contributed by atoms with Gasteiger partial charge in [-0.3, -0.25) is 9.36 Å². The molecule has 0 aliphatic carbocycles. The number of esters is 1. The van der Waals surface area contributed by atoms with E-state index in [2.05, 4.69) is 0 Å². The molecule has 0 unspecified atom stereocenters. The van der Waals surface area contributed by atoms with Crippen LogP contribution in [0, 0.1) is 0 Å². The molecule has 0 saturated carbocycles. The minimum atomic E-state index is -0.421. The number of aromatic nitrogens is 1. The Morgan fingerprint density at radius 1 is 1.03 bits per heavy atom. The summed E-state index contributed by atoms with van der Waals surface area (Å²) in [5.74, 6) is 0.602. The Balaban J connectivity index is 1.56. The molecule has 0 amide bonds. The Kier molecular flexibility index (Phi) is 6.43. The van der Waals surface area contributed by atoms with Crippen LogP contribution in [0.2, 0.25) is 0 Å². The summed E-state index contributed by atoms with van der Waals surface area (Å²) >= 11 is 0. The van der Waals surface area contributed by atoms with Crippen molar-refractivity contribution >= 4 is 17.1 Å². The molecular formula is C21H23NO7. The third-order valence-electron chi connectivity index (χ3n) is 4.44. The summed E-state index contributed by atoms with van der Waals surface area (Å²) in [6, 6.07) is 10.6. The molecule has 0 N–H and O–H groups in total. The molecule has 2 aromatic carbocycles. The summed E-state index contributed by atoms with van der Waals surface area (Å²) in [5, 5.41) is 0. The van der Waals surface area contributed by atoms with Gasteiger partial charge >= 0.3 is 11.7 Å². The van der Waals surface area contributed by atoms with E-state index in [1.165, 1.54) is 25.9 Å². The second-order valence-corrected chi connectivity index (χ2v) is 6.27. The number of hydrogen-bond donors (Lipinski definition) is 0. The normalized spacial score (nSPS) is 10.7. The van der Waals surface area contributed by atoms with Gasteiger partial charge in [0.2, 0.25) is 5.75 Å². The predicted molar refractivity (Wildman–Crippen MR) is 106 cm³/mol. The number of carbonyl (C=O) groups is 1. The van der Waals surface area contributed by atoms with Crippen molar-refractivity contribution in [2.75, 3.05) is 27.9 Å². The quantitative estimate of drug-likeness (QED) is 0.402. The number of ether oxygens (including phenoxy) is 4. The van der Waals surface area contributed by atoms with Crippen molar-refractivity contribution in [2.45, 2.75) is 19.4 Å². The molecule has 0 atom stereocenters. The van der Waals surface area contributed by atoms with Crippen molar-refractivity contribution in [3.05, 3.63) is 52.5 Å². The first-order chi connectivity index (χ1) is 14.1. The van der Waals surface area contributed by atoms with E-state index in [1.807, 2.05) is 12.1 Å². The zero-order valence-corrected chi connectivity index (χ0v) is 16.6. The third kappa shape index (κ3) is 4.53. The van der Waals surface area contributed by atoms with E-state index < -0.39 is 5.76 Å². The van der Waals surface area contributed by atoms with Gasteiger partial charge in [0, 0.05) is 6.54 Å². The average Bonchev–Trinajstić information content (AvgIpc) is 3.05. The van der Waals surface area contributed by atoms with Crippen LogP contribution in [0.4, 0.5) is 0 Å². The standard InChI is InChI=1S/C21H23NO7/c1-25-17-11-14(12-18(26-2)20(17)27-3)13-19(23)28-10-6-9-22-15-7-4-5-8-16(15)29-21(22)24/h4-5,7-8,11-12H,6,9-10,13H2,1-3H3. The van der Waals surface area contributed by atoms with Crippen molar-refractivity contribution in [1.82, 2.24) is 4.57 Å². The molecule has 1 aromatic heterocycles. The van der Waals surface area contributed by atoms with E-state index in [9.17, 15) is 9.59 Å². The van der Waals surface area contributed by atoms with Crippen LogP contribution in [0.25, 0.3) is 11.1 Å². The van der Waals surface area contributed by atoms with Crippen molar-refractivity contribution in [3.63, 3.8) is 0 Å². The van der Waals surface area contributed by atoms with Gasteiger partial charge in [0.25, 0.3) is 0 Å². The van der Waals surface area contributed by atoms with E-state index in [4.69, 9.17) is 23.4 Å². The maximum absolute atomic E-state index is 12.2. The van der Waals surface area contributed by atoms with Crippen LogP contribution in [0.15, 0.2) is 45.6 Å². The lowest BCUT2D eigenvalue weighted by molar-refractivity contribution is -0.143. The van der Waals surface area contributed by atoms with Crippen LogP contribution in [0.3, 0.4) is 0 Å². The number of hydrogen-bond acceptors (Lipinski definition) is 7. The van der Waals surface area contributed by atoms with E-state index in [1.54, 1.807) is 24.3 Å². The van der Waals surface area contributed by atoms with Crippen LogP contribution >= 0.6 is 0 Å². The van der Waals surface area contributed by atoms with Gasteiger partial charge < -0.3 is 23.4 Å². The smallest absolute Gasteiger partial charge is 0.419 e. The van der Waals surface area contributed by atoms with Gasteiger partial charge in [-0.15, -0.1) is 0 Å². The minimum absolute atomic E-state index is 0.0608. The zero-order chi connectivity index (χ0) is 20.8. The van der Waals surface area contributed by atoms with Gasteiger partial charge in [-0.2, -0.15) is 0 Å². The van der Waals surface area contributed by atoms with Crippen molar-refractivity contribution in [3.8, 4) is 17.2 Å². The van der Waals surface area contributed by atoms with Gasteiger partial charge in [-0.05, 0) is 36.2 Å². The number of aryl methyl sites for hydroxylation is 1. The molecule has 8 nitrogen and oxygen atoms in total. The molecule has 0 aliphatic rings. The van der Waals surface area contributed by atoms with Crippen LogP contribution in [-0.4, -0.2) is 38.5 Å².